The Morgan fingerprint density at radius 1 is 1.57 bits per heavy atom. The molecule has 1 unspecified atom stereocenters. The fraction of sp³-hybridized carbons (Fsp3) is 0.462. The van der Waals surface area contributed by atoms with E-state index in [9.17, 15) is 9.90 Å². The second kappa shape index (κ2) is 5.46. The lowest BCUT2D eigenvalue weighted by molar-refractivity contribution is 0.129. The van der Waals surface area contributed by atoms with Gasteiger partial charge in [-0.15, -0.1) is 0 Å². The van der Waals surface area contributed by atoms with Crippen LogP contribution in [-0.4, -0.2) is 43.6 Å². The van der Waals surface area contributed by atoms with Gasteiger partial charge in [0.25, 0.3) is 0 Å². The van der Waals surface area contributed by atoms with E-state index in [0.717, 1.165) is 29.9 Å². The largest absolute Gasteiger partial charge is 0.465 e. The molecule has 1 aliphatic heterocycles. The van der Waals surface area contributed by atoms with Gasteiger partial charge in [0.15, 0.2) is 5.15 Å². The third-order valence-electron chi connectivity index (χ3n) is 3.83. The number of halogens is 2. The van der Waals surface area contributed by atoms with Crippen LogP contribution in [0.25, 0.3) is 5.52 Å². The summed E-state index contributed by atoms with van der Waals surface area (Å²) in [6.45, 7) is 2.98. The predicted molar refractivity (Wildman–Crippen MR) is 82.0 cm³/mol. The van der Waals surface area contributed by atoms with E-state index in [1.165, 1.54) is 4.90 Å². The van der Waals surface area contributed by atoms with E-state index >= 15 is 0 Å². The molecule has 1 aliphatic rings. The van der Waals surface area contributed by atoms with Crippen molar-refractivity contribution in [3.63, 3.8) is 0 Å². The first-order valence-electron chi connectivity index (χ1n) is 6.66. The summed E-state index contributed by atoms with van der Waals surface area (Å²) in [5.41, 5.74) is 1.66. The highest BCUT2D eigenvalue weighted by Crippen LogP contribution is 2.32. The van der Waals surface area contributed by atoms with Crippen molar-refractivity contribution in [2.45, 2.75) is 25.7 Å². The minimum absolute atomic E-state index is 0.0609. The molecule has 112 valence electrons. The van der Waals surface area contributed by atoms with Crippen molar-refractivity contribution in [2.75, 3.05) is 13.1 Å². The highest BCUT2D eigenvalue weighted by atomic mass is 79.9. The number of likely N-dealkylation sites (tertiary alicyclic amines) is 1. The number of rotatable bonds is 1. The van der Waals surface area contributed by atoms with Crippen LogP contribution in [0.1, 0.15) is 30.3 Å². The van der Waals surface area contributed by atoms with Gasteiger partial charge in [-0.2, -0.15) is 0 Å². The van der Waals surface area contributed by atoms with Gasteiger partial charge in [-0.3, -0.25) is 4.40 Å². The molecule has 1 N–H and O–H groups in total. The van der Waals surface area contributed by atoms with Crippen LogP contribution in [0.4, 0.5) is 4.79 Å². The van der Waals surface area contributed by atoms with E-state index in [2.05, 4.69) is 25.9 Å². The van der Waals surface area contributed by atoms with Gasteiger partial charge in [0.05, 0.1) is 0 Å². The van der Waals surface area contributed by atoms with Crippen molar-refractivity contribution in [3.8, 4) is 0 Å². The zero-order chi connectivity index (χ0) is 15.1. The van der Waals surface area contributed by atoms with Gasteiger partial charge in [-0.05, 0) is 35.7 Å². The number of hydrogen-bond donors (Lipinski definition) is 1. The van der Waals surface area contributed by atoms with Gasteiger partial charge in [0.2, 0.25) is 0 Å². The molecule has 1 saturated heterocycles. The molecule has 2 aromatic heterocycles. The zero-order valence-electron chi connectivity index (χ0n) is 11.4. The highest BCUT2D eigenvalue weighted by molar-refractivity contribution is 9.10. The molecule has 0 spiro atoms. The van der Waals surface area contributed by atoms with Gasteiger partial charge < -0.3 is 10.0 Å². The summed E-state index contributed by atoms with van der Waals surface area (Å²) in [5.74, 6) is 0.899. The lowest BCUT2D eigenvalue weighted by atomic mass is 9.97. The minimum Gasteiger partial charge on any atom is -0.465 e. The Bertz CT molecular complexity index is 718. The summed E-state index contributed by atoms with van der Waals surface area (Å²) in [6.07, 6.45) is 2.57. The molecule has 0 radical (unpaired) electrons. The SMILES string of the molecule is Cc1cnc(Cl)c2c(Br)nc(C3CCCN(C(=O)O)C3)n12. The lowest BCUT2D eigenvalue weighted by Crippen LogP contribution is -2.38. The third kappa shape index (κ3) is 2.48. The van der Waals surface area contributed by atoms with Gasteiger partial charge in [0.1, 0.15) is 15.9 Å². The van der Waals surface area contributed by atoms with Crippen LogP contribution in [0.5, 0.6) is 0 Å². The van der Waals surface area contributed by atoms with Gasteiger partial charge in [0, 0.05) is 30.9 Å². The zero-order valence-corrected chi connectivity index (χ0v) is 13.7. The molecule has 3 heterocycles. The number of nitrogens with zero attached hydrogens (tertiary/aromatic N) is 4. The predicted octanol–water partition coefficient (Wildman–Crippen LogP) is 3.31. The van der Waals surface area contributed by atoms with Crippen molar-refractivity contribution in [2.24, 2.45) is 0 Å². The molecule has 3 rings (SSSR count). The molecule has 8 heteroatoms. The maximum Gasteiger partial charge on any atom is 0.407 e. The summed E-state index contributed by atoms with van der Waals surface area (Å²) in [6, 6.07) is 0. The number of aryl methyl sites for hydroxylation is 1. The standard InChI is InChI=1S/C13H14BrClN4O2/c1-7-5-16-11(15)9-10(14)17-12(19(7)9)8-3-2-4-18(6-8)13(20)21/h5,8H,2-4,6H2,1H3,(H,20,21). The van der Waals surface area contributed by atoms with E-state index < -0.39 is 6.09 Å². The van der Waals surface area contributed by atoms with Crippen LogP contribution in [-0.2, 0) is 0 Å². The lowest BCUT2D eigenvalue weighted by Gasteiger charge is -2.30. The van der Waals surface area contributed by atoms with Crippen LogP contribution >= 0.6 is 27.5 Å². The molecule has 6 nitrogen and oxygen atoms in total. The van der Waals surface area contributed by atoms with E-state index in [0.29, 0.717) is 22.8 Å². The summed E-state index contributed by atoms with van der Waals surface area (Å²) < 4.78 is 2.61. The quantitative estimate of drug-likeness (QED) is 0.832. The molecule has 0 aliphatic carbocycles. The Morgan fingerprint density at radius 2 is 2.33 bits per heavy atom. The van der Waals surface area contributed by atoms with E-state index in [-0.39, 0.29) is 5.92 Å². The van der Waals surface area contributed by atoms with Crippen molar-refractivity contribution < 1.29 is 9.90 Å². The minimum atomic E-state index is -0.879. The van der Waals surface area contributed by atoms with Crippen LogP contribution in [0, 0.1) is 6.92 Å². The maximum atomic E-state index is 11.2. The topological polar surface area (TPSA) is 70.7 Å². The monoisotopic (exact) mass is 372 g/mol. The Labute approximate surface area is 134 Å². The average molecular weight is 374 g/mol. The first-order valence-corrected chi connectivity index (χ1v) is 7.83. The second-order valence-corrected chi connectivity index (χ2v) is 6.31. The first-order chi connectivity index (χ1) is 9.99. The second-order valence-electron chi connectivity index (χ2n) is 5.20. The Balaban J connectivity index is 2.09. The van der Waals surface area contributed by atoms with E-state index in [1.54, 1.807) is 6.20 Å². The number of carbonyl (C=O) groups is 1. The van der Waals surface area contributed by atoms with Gasteiger partial charge >= 0.3 is 6.09 Å². The number of aromatic nitrogens is 3. The Morgan fingerprint density at radius 3 is 3.05 bits per heavy atom. The molecular weight excluding hydrogens is 360 g/mol. The van der Waals surface area contributed by atoms with Crippen LogP contribution < -0.4 is 0 Å². The number of imidazole rings is 1. The fourth-order valence-electron chi connectivity index (χ4n) is 2.85. The van der Waals surface area contributed by atoms with Crippen molar-refractivity contribution in [3.05, 3.63) is 27.5 Å². The maximum absolute atomic E-state index is 11.2. The van der Waals surface area contributed by atoms with Crippen molar-refractivity contribution in [1.29, 1.82) is 0 Å². The van der Waals surface area contributed by atoms with E-state index in [4.69, 9.17) is 11.6 Å². The first kappa shape index (κ1) is 14.6. The number of carboxylic acid groups (broad SMARTS) is 1. The smallest absolute Gasteiger partial charge is 0.407 e. The van der Waals surface area contributed by atoms with Crippen molar-refractivity contribution in [1.82, 2.24) is 19.3 Å². The average Bonchev–Trinajstić information content (AvgIpc) is 2.82. The molecule has 1 amide bonds. The summed E-state index contributed by atoms with van der Waals surface area (Å²) in [5, 5.41) is 9.56. The summed E-state index contributed by atoms with van der Waals surface area (Å²) in [4.78, 5) is 21.3. The van der Waals surface area contributed by atoms with Crippen molar-refractivity contribution >= 4 is 39.1 Å². The molecule has 2 aromatic rings. The van der Waals surface area contributed by atoms with E-state index in [1.807, 2.05) is 11.3 Å². The highest BCUT2D eigenvalue weighted by Gasteiger charge is 2.29. The summed E-state index contributed by atoms with van der Waals surface area (Å²) >= 11 is 9.59. The number of piperidine rings is 1. The third-order valence-corrected chi connectivity index (χ3v) is 4.66. The number of fused-ring (bicyclic) bond motifs is 1. The molecule has 0 aromatic carbocycles. The van der Waals surface area contributed by atoms with Crippen LogP contribution in [0.2, 0.25) is 5.15 Å². The molecule has 1 atom stereocenters. The summed E-state index contributed by atoms with van der Waals surface area (Å²) in [7, 11) is 0. The number of amides is 1. The van der Waals surface area contributed by atoms with Crippen LogP contribution in [0.3, 0.4) is 0 Å². The fourth-order valence-corrected chi connectivity index (χ4v) is 3.73. The Hall–Kier alpha value is -1.34. The molecule has 1 fully saturated rings. The van der Waals surface area contributed by atoms with Crippen LogP contribution in [0.15, 0.2) is 10.8 Å². The molecular formula is C13H14BrClN4O2. The van der Waals surface area contributed by atoms with Gasteiger partial charge in [-0.1, -0.05) is 11.6 Å². The Kier molecular flexibility index (Phi) is 3.79. The molecule has 0 bridgehead atoms. The van der Waals surface area contributed by atoms with Gasteiger partial charge in [-0.25, -0.2) is 14.8 Å². The molecule has 21 heavy (non-hydrogen) atoms. The number of hydrogen-bond acceptors (Lipinski definition) is 3. The molecule has 0 saturated carbocycles. The normalized spacial score (nSPS) is 19.2.